The lowest BCUT2D eigenvalue weighted by Gasteiger charge is -2.29. The van der Waals surface area contributed by atoms with Crippen molar-refractivity contribution in [2.24, 2.45) is 5.92 Å². The number of rotatable bonds is 4. The average Bonchev–Trinajstić information content (AvgIpc) is 3.44. The number of aryl methyl sites for hydroxylation is 1. The first-order valence-electron chi connectivity index (χ1n) is 10.1. The third kappa shape index (κ3) is 3.66. The summed E-state index contributed by atoms with van der Waals surface area (Å²) in [6, 6.07) is 11.2. The molecule has 2 aromatic carbocycles. The van der Waals surface area contributed by atoms with Gasteiger partial charge in [0.15, 0.2) is 0 Å². The van der Waals surface area contributed by atoms with Crippen molar-refractivity contribution in [2.45, 2.75) is 19.8 Å². The fourth-order valence-electron chi connectivity index (χ4n) is 3.94. The summed E-state index contributed by atoms with van der Waals surface area (Å²) in [5.74, 6) is -0.362. The second-order valence-electron chi connectivity index (χ2n) is 7.58. The molecule has 1 saturated heterocycles. The van der Waals surface area contributed by atoms with Gasteiger partial charge in [0.1, 0.15) is 17.3 Å². The maximum atomic E-state index is 14.6. The van der Waals surface area contributed by atoms with Gasteiger partial charge < -0.3 is 9.26 Å². The van der Waals surface area contributed by atoms with E-state index in [4.69, 9.17) is 9.26 Å². The van der Waals surface area contributed by atoms with Crippen LogP contribution < -0.4 is 16.0 Å². The van der Waals surface area contributed by atoms with E-state index in [9.17, 15) is 8.78 Å². The molecule has 5 rings (SSSR count). The van der Waals surface area contributed by atoms with E-state index in [0.717, 1.165) is 24.1 Å². The van der Waals surface area contributed by atoms with Gasteiger partial charge in [-0.2, -0.15) is 4.98 Å². The molecule has 0 aliphatic carbocycles. The third-order valence-corrected chi connectivity index (χ3v) is 5.49. The van der Waals surface area contributed by atoms with E-state index in [-0.39, 0.29) is 29.0 Å². The van der Waals surface area contributed by atoms with Gasteiger partial charge in [0, 0.05) is 19.1 Å². The Morgan fingerprint density at radius 2 is 1.87 bits per heavy atom. The number of hydrogen-bond acceptors (Lipinski definition) is 7. The molecular weight excluding hydrogens is 404 g/mol. The first kappa shape index (κ1) is 19.7. The van der Waals surface area contributed by atoms with E-state index in [1.807, 2.05) is 6.92 Å². The molecule has 160 valence electrons. The van der Waals surface area contributed by atoms with Crippen LogP contribution in [0.4, 0.5) is 14.5 Å². The van der Waals surface area contributed by atoms with Gasteiger partial charge in [0.25, 0.3) is 5.89 Å². The Morgan fingerprint density at radius 3 is 2.68 bits per heavy atom. The number of benzene rings is 2. The smallest absolute Gasteiger partial charge is 0.277 e. The number of allylic oxidation sites excluding steroid dienone is 1. The molecule has 9 heteroatoms. The van der Waals surface area contributed by atoms with Gasteiger partial charge in [-0.3, -0.25) is 10.4 Å². The number of para-hydroxylation sites is 1. The summed E-state index contributed by atoms with van der Waals surface area (Å²) < 4.78 is 39.9. The summed E-state index contributed by atoms with van der Waals surface area (Å²) in [4.78, 5) is 4.43. The molecule has 31 heavy (non-hydrogen) atoms. The van der Waals surface area contributed by atoms with Gasteiger partial charge in [0.2, 0.25) is 5.82 Å². The summed E-state index contributed by atoms with van der Waals surface area (Å²) in [5.41, 5.74) is 8.90. The summed E-state index contributed by atoms with van der Waals surface area (Å²) in [6.07, 6.45) is 1.53. The zero-order valence-electron chi connectivity index (χ0n) is 16.9. The second-order valence-corrected chi connectivity index (χ2v) is 7.58. The molecule has 0 radical (unpaired) electrons. The Morgan fingerprint density at radius 1 is 1.06 bits per heavy atom. The Hall–Kier alpha value is -3.30. The highest BCUT2D eigenvalue weighted by molar-refractivity contribution is 5.72. The molecule has 2 aliphatic heterocycles. The number of nitrogens with zero attached hydrogens (tertiary/aromatic N) is 3. The number of nitrogens with one attached hydrogen (secondary N) is 2. The Labute approximate surface area is 177 Å². The molecular formula is C22H21F2N5O2. The van der Waals surface area contributed by atoms with E-state index in [2.05, 4.69) is 21.1 Å². The minimum atomic E-state index is -0.429. The molecule has 7 nitrogen and oxygen atoms in total. The molecule has 0 amide bonds. The van der Waals surface area contributed by atoms with E-state index in [1.54, 1.807) is 35.3 Å². The van der Waals surface area contributed by atoms with Crippen LogP contribution in [-0.2, 0) is 4.74 Å². The summed E-state index contributed by atoms with van der Waals surface area (Å²) in [5, 5.41) is 5.65. The van der Waals surface area contributed by atoms with Crippen molar-refractivity contribution in [3.8, 4) is 11.4 Å². The van der Waals surface area contributed by atoms with Gasteiger partial charge in [-0.1, -0.05) is 28.9 Å². The lowest BCUT2D eigenvalue weighted by atomic mass is 9.94. The fourth-order valence-corrected chi connectivity index (χ4v) is 3.94. The predicted molar refractivity (Wildman–Crippen MR) is 110 cm³/mol. The fraction of sp³-hybridized carbons (Fsp3) is 0.273. The van der Waals surface area contributed by atoms with Gasteiger partial charge in [-0.15, -0.1) is 5.53 Å². The lowest BCUT2D eigenvalue weighted by molar-refractivity contribution is 0.0752. The number of aromatic nitrogens is 2. The third-order valence-electron chi connectivity index (χ3n) is 5.49. The predicted octanol–water partition coefficient (Wildman–Crippen LogP) is 3.95. The van der Waals surface area contributed by atoms with Crippen LogP contribution in [0.25, 0.3) is 17.1 Å². The molecule has 3 aromatic rings. The zero-order valence-corrected chi connectivity index (χ0v) is 16.9. The molecule has 0 bridgehead atoms. The van der Waals surface area contributed by atoms with E-state index in [1.165, 1.54) is 12.1 Å². The van der Waals surface area contributed by atoms with E-state index >= 15 is 0 Å². The van der Waals surface area contributed by atoms with Crippen LogP contribution in [-0.4, -0.2) is 23.4 Å². The topological polar surface area (TPSA) is 75.5 Å². The van der Waals surface area contributed by atoms with Gasteiger partial charge in [0.05, 0.1) is 16.9 Å². The van der Waals surface area contributed by atoms with Crippen molar-refractivity contribution in [1.82, 2.24) is 21.1 Å². The zero-order chi connectivity index (χ0) is 21.4. The molecule has 3 heterocycles. The van der Waals surface area contributed by atoms with Crippen molar-refractivity contribution in [3.05, 3.63) is 71.3 Å². The number of anilines is 1. The molecule has 1 aromatic heterocycles. The van der Waals surface area contributed by atoms with Crippen LogP contribution in [0.1, 0.15) is 24.3 Å². The van der Waals surface area contributed by atoms with Crippen LogP contribution in [0.15, 0.2) is 52.7 Å². The van der Waals surface area contributed by atoms with Crippen LogP contribution in [0.2, 0.25) is 0 Å². The Bertz CT molecular complexity index is 1140. The highest BCUT2D eigenvalue weighted by Gasteiger charge is 2.35. The highest BCUT2D eigenvalue weighted by atomic mass is 19.1. The van der Waals surface area contributed by atoms with Gasteiger partial charge in [-0.25, -0.2) is 8.78 Å². The number of halogens is 2. The normalized spacial score (nSPS) is 17.3. The van der Waals surface area contributed by atoms with Crippen molar-refractivity contribution in [3.63, 3.8) is 0 Å². The molecule has 2 aliphatic rings. The second kappa shape index (κ2) is 8.09. The number of ether oxygens (including phenoxy) is 1. The van der Waals surface area contributed by atoms with Crippen molar-refractivity contribution in [2.75, 3.05) is 18.2 Å². The first-order chi connectivity index (χ1) is 15.1. The quantitative estimate of drug-likeness (QED) is 0.656. The molecule has 1 fully saturated rings. The van der Waals surface area contributed by atoms with Crippen LogP contribution in [0.3, 0.4) is 0 Å². The maximum Gasteiger partial charge on any atom is 0.277 e. The molecule has 0 unspecified atom stereocenters. The van der Waals surface area contributed by atoms with Crippen LogP contribution in [0.5, 0.6) is 0 Å². The summed E-state index contributed by atoms with van der Waals surface area (Å²) in [6.45, 7) is 3.08. The molecule has 2 N–H and O–H groups in total. The number of hydrazine groups is 2. The minimum absolute atomic E-state index is 0.0805. The molecule has 0 saturated carbocycles. The van der Waals surface area contributed by atoms with E-state index < -0.39 is 5.82 Å². The van der Waals surface area contributed by atoms with Crippen molar-refractivity contribution < 1.29 is 18.0 Å². The Kier molecular flexibility index (Phi) is 5.13. The lowest BCUT2D eigenvalue weighted by Crippen LogP contribution is -2.40. The molecule has 0 atom stereocenters. The minimum Gasteiger partial charge on any atom is -0.381 e. The summed E-state index contributed by atoms with van der Waals surface area (Å²) in [7, 11) is 0. The average molecular weight is 425 g/mol. The highest BCUT2D eigenvalue weighted by Crippen LogP contribution is 2.37. The molecule has 0 spiro atoms. The first-order valence-corrected chi connectivity index (χ1v) is 10.1. The standard InChI is InChI=1S/C22H21F2N5O2/c1-13-6-7-16(23)15(12-13)21-25-22(31-27-21)19-20(14-8-10-30-11-9-14)29(28-26-19)18-5-3-2-4-17(18)24/h2-7,12,14,26,28H,8-11H2,1H3. The van der Waals surface area contributed by atoms with Crippen molar-refractivity contribution in [1.29, 1.82) is 0 Å². The monoisotopic (exact) mass is 425 g/mol. The van der Waals surface area contributed by atoms with Crippen LogP contribution in [0, 0.1) is 24.5 Å². The van der Waals surface area contributed by atoms with Gasteiger partial charge in [-0.05, 0) is 44.0 Å². The van der Waals surface area contributed by atoms with Gasteiger partial charge >= 0.3 is 0 Å². The van der Waals surface area contributed by atoms with Crippen molar-refractivity contribution >= 4 is 11.4 Å². The largest absolute Gasteiger partial charge is 0.381 e. The SMILES string of the molecule is Cc1ccc(F)c(-c2noc(C3=C(C4CCOCC4)N(c4ccccc4F)NN3)n2)c1. The summed E-state index contributed by atoms with van der Waals surface area (Å²) >= 11 is 0. The number of hydrogen-bond donors (Lipinski definition) is 2. The van der Waals surface area contributed by atoms with E-state index in [0.29, 0.717) is 24.6 Å². The Balaban J connectivity index is 1.58. The maximum absolute atomic E-state index is 14.6. The van der Waals surface area contributed by atoms with Crippen LogP contribution >= 0.6 is 0 Å².